The van der Waals surface area contributed by atoms with Gasteiger partial charge in [-0.3, -0.25) is 10.1 Å². The van der Waals surface area contributed by atoms with E-state index in [0.29, 0.717) is 5.84 Å². The van der Waals surface area contributed by atoms with E-state index in [-0.39, 0.29) is 12.3 Å². The van der Waals surface area contributed by atoms with Gasteiger partial charge in [-0.1, -0.05) is 30.3 Å². The summed E-state index contributed by atoms with van der Waals surface area (Å²) in [6, 6.07) is 9.24. The normalized spacial score (nSPS) is 14.1. The van der Waals surface area contributed by atoms with Crippen LogP contribution in [0.4, 0.5) is 4.79 Å². The zero-order chi connectivity index (χ0) is 13.7. The molecule has 0 saturated carbocycles. The van der Waals surface area contributed by atoms with Crippen molar-refractivity contribution < 1.29 is 14.3 Å². The van der Waals surface area contributed by atoms with Crippen LogP contribution in [0.15, 0.2) is 47.2 Å². The molecule has 0 spiro atoms. The number of carbonyl (C=O) groups excluding carboxylic acids is 2. The molecule has 2 amide bonds. The van der Waals surface area contributed by atoms with Gasteiger partial charge in [0, 0.05) is 0 Å². The Morgan fingerprint density at radius 1 is 1.32 bits per heavy atom. The lowest BCUT2D eigenvalue weighted by molar-refractivity contribution is -0.116. The fourth-order valence-electron chi connectivity index (χ4n) is 1.40. The van der Waals surface area contributed by atoms with Crippen LogP contribution in [0.25, 0.3) is 0 Å². The number of nitrogens with zero attached hydrogens (tertiary/aromatic N) is 2. The first-order chi connectivity index (χ1) is 9.15. The summed E-state index contributed by atoms with van der Waals surface area (Å²) >= 11 is 0. The van der Waals surface area contributed by atoms with Gasteiger partial charge in [0.15, 0.2) is 0 Å². The van der Waals surface area contributed by atoms with Crippen molar-refractivity contribution in [2.45, 2.75) is 13.5 Å². The summed E-state index contributed by atoms with van der Waals surface area (Å²) in [6.07, 6.45) is 0.544. The second-order valence-corrected chi connectivity index (χ2v) is 3.82. The minimum absolute atomic E-state index is 0.00339. The van der Waals surface area contributed by atoms with Crippen LogP contribution in [0.3, 0.4) is 0 Å². The number of aliphatic imine (C=N–C) groups is 1. The summed E-state index contributed by atoms with van der Waals surface area (Å²) in [5.41, 5.74) is 0.865. The molecule has 0 atom stereocenters. The third kappa shape index (κ3) is 3.67. The minimum atomic E-state index is -0.714. The topological polar surface area (TPSA) is 81.9 Å². The maximum atomic E-state index is 11.5. The Morgan fingerprint density at radius 2 is 2.05 bits per heavy atom. The second kappa shape index (κ2) is 5.81. The molecule has 1 aliphatic heterocycles. The Hall–Kier alpha value is -2.63. The largest absolute Gasteiger partial charge is 0.444 e. The average molecular weight is 258 g/mol. The second-order valence-electron chi connectivity index (χ2n) is 3.82. The molecule has 0 fully saturated rings. The number of hydrogen-bond donors (Lipinski definition) is 1. The number of benzene rings is 1. The molecule has 2 rings (SSSR count). The molecule has 1 aromatic carbocycles. The van der Waals surface area contributed by atoms with Gasteiger partial charge in [0.25, 0.3) is 5.91 Å². The summed E-state index contributed by atoms with van der Waals surface area (Å²) in [6.45, 7) is 1.73. The Kier molecular flexibility index (Phi) is 3.92. The highest BCUT2D eigenvalue weighted by molar-refractivity contribution is 6.08. The van der Waals surface area contributed by atoms with E-state index in [0.717, 1.165) is 5.56 Å². The third-order valence-electron chi connectivity index (χ3n) is 2.32. The average Bonchev–Trinajstić information content (AvgIpc) is 2.41. The molecule has 19 heavy (non-hydrogen) atoms. The highest BCUT2D eigenvalue weighted by Crippen LogP contribution is 2.03. The summed E-state index contributed by atoms with van der Waals surface area (Å²) in [4.78, 5) is 26.8. The molecule has 1 heterocycles. The fraction of sp³-hybridized carbons (Fsp3) is 0.154. The lowest BCUT2D eigenvalue weighted by atomic mass is 10.2. The molecule has 0 saturated heterocycles. The molecular formula is C13H12N3O3. The highest BCUT2D eigenvalue weighted by atomic mass is 16.5. The number of hydrogen-bond acceptors (Lipinski definition) is 4. The molecule has 0 unspecified atom stereocenters. The summed E-state index contributed by atoms with van der Waals surface area (Å²) in [5.74, 6) is -0.183. The van der Waals surface area contributed by atoms with Crippen molar-refractivity contribution in [2.75, 3.05) is 0 Å². The van der Waals surface area contributed by atoms with Crippen molar-refractivity contribution in [1.82, 2.24) is 10.6 Å². The number of ether oxygens (including phenoxy) is 1. The predicted molar refractivity (Wildman–Crippen MR) is 68.1 cm³/mol. The maximum absolute atomic E-state index is 11.5. The van der Waals surface area contributed by atoms with E-state index in [1.165, 1.54) is 6.20 Å². The quantitative estimate of drug-likeness (QED) is 0.887. The first-order valence-corrected chi connectivity index (χ1v) is 5.63. The molecule has 1 radical (unpaired) electrons. The predicted octanol–water partition coefficient (Wildman–Crippen LogP) is 1.32. The van der Waals surface area contributed by atoms with Crippen molar-refractivity contribution in [3.63, 3.8) is 0 Å². The highest BCUT2D eigenvalue weighted by Gasteiger charge is 2.18. The molecule has 0 aromatic heterocycles. The van der Waals surface area contributed by atoms with Gasteiger partial charge in [0.1, 0.15) is 18.1 Å². The van der Waals surface area contributed by atoms with Crippen molar-refractivity contribution in [1.29, 1.82) is 0 Å². The molecule has 6 heteroatoms. The zero-order valence-corrected chi connectivity index (χ0v) is 10.3. The van der Waals surface area contributed by atoms with Gasteiger partial charge in [-0.25, -0.2) is 9.79 Å². The van der Waals surface area contributed by atoms with Crippen LogP contribution in [-0.2, 0) is 16.1 Å². The van der Waals surface area contributed by atoms with E-state index in [1.54, 1.807) is 6.92 Å². The van der Waals surface area contributed by atoms with Crippen LogP contribution in [0.5, 0.6) is 0 Å². The van der Waals surface area contributed by atoms with Gasteiger partial charge >= 0.3 is 6.09 Å². The van der Waals surface area contributed by atoms with E-state index in [4.69, 9.17) is 4.74 Å². The number of nitrogens with one attached hydrogen (secondary N) is 1. The van der Waals surface area contributed by atoms with Crippen molar-refractivity contribution in [2.24, 2.45) is 4.99 Å². The van der Waals surface area contributed by atoms with Gasteiger partial charge in [0.05, 0.1) is 6.20 Å². The van der Waals surface area contributed by atoms with Crippen LogP contribution in [0.1, 0.15) is 12.5 Å². The Morgan fingerprint density at radius 3 is 2.74 bits per heavy atom. The van der Waals surface area contributed by atoms with Crippen LogP contribution in [-0.4, -0.2) is 17.8 Å². The first-order valence-electron chi connectivity index (χ1n) is 5.63. The van der Waals surface area contributed by atoms with E-state index in [1.807, 2.05) is 30.3 Å². The van der Waals surface area contributed by atoms with Gasteiger partial charge in [0.2, 0.25) is 0 Å². The number of amides is 2. The van der Waals surface area contributed by atoms with Crippen LogP contribution in [0, 0.1) is 0 Å². The fourth-order valence-corrected chi connectivity index (χ4v) is 1.40. The van der Waals surface area contributed by atoms with Crippen LogP contribution >= 0.6 is 0 Å². The maximum Gasteiger partial charge on any atom is 0.412 e. The number of carbonyl (C=O) groups is 2. The molecule has 1 N–H and O–H groups in total. The van der Waals surface area contributed by atoms with Gasteiger partial charge in [-0.05, 0) is 12.5 Å². The van der Waals surface area contributed by atoms with Gasteiger partial charge < -0.3 is 4.74 Å². The summed E-state index contributed by atoms with van der Waals surface area (Å²) < 4.78 is 4.97. The number of amidine groups is 1. The van der Waals surface area contributed by atoms with Crippen LogP contribution in [0.2, 0.25) is 0 Å². The van der Waals surface area contributed by atoms with Crippen molar-refractivity contribution in [3.05, 3.63) is 47.8 Å². The molecule has 1 aliphatic rings. The monoisotopic (exact) mass is 258 g/mol. The number of rotatable bonds is 3. The first kappa shape index (κ1) is 12.8. The molecule has 0 aliphatic carbocycles. The van der Waals surface area contributed by atoms with E-state index in [9.17, 15) is 9.59 Å². The zero-order valence-electron chi connectivity index (χ0n) is 10.3. The standard InChI is InChI=1S/C13H12N3O3/c1-9-14-7-11(12(17)15-9)16-13(18)19-8-10-5-3-2-4-6-10/h2-7H,8H2,1H3,(H,16,18). The SMILES string of the molecule is CC1=NC=C(NC(=O)OCc2ccccc2)C(=O)[N]1. The third-order valence-corrected chi connectivity index (χ3v) is 2.32. The molecule has 97 valence electrons. The number of alkyl carbamates (subject to hydrolysis) is 1. The lowest BCUT2D eigenvalue weighted by Crippen LogP contribution is -2.35. The molecule has 0 bridgehead atoms. The van der Waals surface area contributed by atoms with Gasteiger partial charge in [-0.2, -0.15) is 5.32 Å². The minimum Gasteiger partial charge on any atom is -0.444 e. The van der Waals surface area contributed by atoms with E-state index < -0.39 is 12.0 Å². The molecular weight excluding hydrogens is 246 g/mol. The summed E-state index contributed by atoms with van der Waals surface area (Å²) in [5, 5.41) is 5.92. The summed E-state index contributed by atoms with van der Waals surface area (Å²) in [7, 11) is 0. The molecule has 1 aromatic rings. The van der Waals surface area contributed by atoms with Crippen molar-refractivity contribution >= 4 is 17.8 Å². The van der Waals surface area contributed by atoms with Gasteiger partial charge in [-0.15, -0.1) is 0 Å². The molecule has 6 nitrogen and oxygen atoms in total. The van der Waals surface area contributed by atoms with Crippen LogP contribution < -0.4 is 10.6 Å². The Labute approximate surface area is 110 Å². The Bertz CT molecular complexity index is 550. The van der Waals surface area contributed by atoms with E-state index in [2.05, 4.69) is 15.6 Å². The van der Waals surface area contributed by atoms with E-state index >= 15 is 0 Å². The van der Waals surface area contributed by atoms with Crippen molar-refractivity contribution in [3.8, 4) is 0 Å². The smallest absolute Gasteiger partial charge is 0.412 e. The lowest BCUT2D eigenvalue weighted by Gasteiger charge is -2.11. The Balaban J connectivity index is 1.87.